The van der Waals surface area contributed by atoms with Crippen molar-refractivity contribution in [2.45, 2.75) is 19.8 Å². The van der Waals surface area contributed by atoms with Gasteiger partial charge in [0.2, 0.25) is 0 Å². The molecule has 2 aromatic carbocycles. The minimum absolute atomic E-state index is 0.130. The van der Waals surface area contributed by atoms with E-state index >= 15 is 0 Å². The van der Waals surface area contributed by atoms with Crippen LogP contribution in [0.1, 0.15) is 35.7 Å². The molecule has 1 amide bonds. The minimum atomic E-state index is -0.130. The predicted molar refractivity (Wildman–Crippen MR) is 96.0 cm³/mol. The van der Waals surface area contributed by atoms with Crippen LogP contribution in [0.2, 0.25) is 0 Å². The van der Waals surface area contributed by atoms with E-state index in [1.807, 2.05) is 60.0 Å². The van der Waals surface area contributed by atoms with Crippen molar-refractivity contribution in [3.8, 4) is 11.3 Å². The van der Waals surface area contributed by atoms with Gasteiger partial charge in [-0.1, -0.05) is 56.3 Å². The van der Waals surface area contributed by atoms with Crippen LogP contribution in [-0.2, 0) is 0 Å². The Hall–Kier alpha value is -2.46. The second-order valence-corrected chi connectivity index (χ2v) is 6.49. The van der Waals surface area contributed by atoms with E-state index in [4.69, 9.17) is 0 Å². The molecule has 0 aliphatic heterocycles. The molecule has 3 nitrogen and oxygen atoms in total. The van der Waals surface area contributed by atoms with Gasteiger partial charge in [-0.15, -0.1) is 11.3 Å². The Bertz CT molecular complexity index is 792. The topological polar surface area (TPSA) is 42.0 Å². The molecule has 0 saturated heterocycles. The lowest BCUT2D eigenvalue weighted by Crippen LogP contribution is -2.11. The van der Waals surface area contributed by atoms with Crippen molar-refractivity contribution in [3.05, 3.63) is 71.1 Å². The number of amides is 1. The quantitative estimate of drug-likeness (QED) is 0.718. The van der Waals surface area contributed by atoms with E-state index in [0.29, 0.717) is 16.6 Å². The fourth-order valence-corrected chi connectivity index (χ4v) is 2.98. The number of carbonyl (C=O) groups is 1. The molecule has 3 rings (SSSR count). The fraction of sp³-hybridized carbons (Fsp3) is 0.158. The second kappa shape index (κ2) is 6.75. The van der Waals surface area contributed by atoms with Gasteiger partial charge in [-0.25, -0.2) is 4.98 Å². The van der Waals surface area contributed by atoms with Crippen LogP contribution in [0.4, 0.5) is 5.13 Å². The van der Waals surface area contributed by atoms with E-state index < -0.39 is 0 Å². The zero-order valence-corrected chi connectivity index (χ0v) is 13.9. The molecule has 23 heavy (non-hydrogen) atoms. The molecule has 1 heterocycles. The molecule has 1 N–H and O–H groups in total. The summed E-state index contributed by atoms with van der Waals surface area (Å²) < 4.78 is 0. The molecule has 0 aliphatic carbocycles. The predicted octanol–water partition coefficient (Wildman–Crippen LogP) is 5.19. The lowest BCUT2D eigenvalue weighted by molar-refractivity contribution is 0.102. The zero-order valence-electron chi connectivity index (χ0n) is 13.1. The third-order valence-electron chi connectivity index (χ3n) is 3.63. The fourth-order valence-electron chi connectivity index (χ4n) is 2.26. The van der Waals surface area contributed by atoms with Crippen molar-refractivity contribution in [1.82, 2.24) is 4.98 Å². The maximum absolute atomic E-state index is 12.3. The van der Waals surface area contributed by atoms with Crippen LogP contribution in [-0.4, -0.2) is 10.9 Å². The summed E-state index contributed by atoms with van der Waals surface area (Å²) in [4.78, 5) is 16.8. The normalized spacial score (nSPS) is 10.7. The van der Waals surface area contributed by atoms with Gasteiger partial charge in [0.25, 0.3) is 5.91 Å². The van der Waals surface area contributed by atoms with E-state index in [9.17, 15) is 4.79 Å². The molecule has 116 valence electrons. The van der Waals surface area contributed by atoms with Crippen molar-refractivity contribution in [2.75, 3.05) is 5.32 Å². The van der Waals surface area contributed by atoms with Crippen molar-refractivity contribution in [2.24, 2.45) is 0 Å². The Labute approximate surface area is 140 Å². The van der Waals surface area contributed by atoms with E-state index in [2.05, 4.69) is 24.1 Å². The van der Waals surface area contributed by atoms with Crippen molar-refractivity contribution < 1.29 is 4.79 Å². The second-order valence-electron chi connectivity index (χ2n) is 5.63. The van der Waals surface area contributed by atoms with Gasteiger partial charge in [0.05, 0.1) is 5.69 Å². The van der Waals surface area contributed by atoms with Gasteiger partial charge in [0, 0.05) is 16.5 Å². The average molecular weight is 322 g/mol. The highest BCUT2D eigenvalue weighted by Gasteiger charge is 2.10. The summed E-state index contributed by atoms with van der Waals surface area (Å²) in [5, 5.41) is 5.43. The Morgan fingerprint density at radius 3 is 2.39 bits per heavy atom. The number of carbonyl (C=O) groups excluding carboxylic acids is 1. The molecule has 0 fully saturated rings. The number of hydrogen-bond acceptors (Lipinski definition) is 3. The Kier molecular flexibility index (Phi) is 4.53. The third-order valence-corrected chi connectivity index (χ3v) is 4.39. The summed E-state index contributed by atoms with van der Waals surface area (Å²) >= 11 is 1.43. The van der Waals surface area contributed by atoms with Crippen LogP contribution < -0.4 is 5.32 Å². The molecule has 0 saturated carbocycles. The highest BCUT2D eigenvalue weighted by Crippen LogP contribution is 2.25. The number of benzene rings is 2. The van der Waals surface area contributed by atoms with Gasteiger partial charge in [-0.05, 0) is 23.6 Å². The maximum atomic E-state index is 12.3. The van der Waals surface area contributed by atoms with Crippen molar-refractivity contribution in [1.29, 1.82) is 0 Å². The molecule has 3 aromatic rings. The van der Waals surface area contributed by atoms with Crippen LogP contribution in [0, 0.1) is 0 Å². The number of aromatic nitrogens is 1. The van der Waals surface area contributed by atoms with Crippen LogP contribution in [0.3, 0.4) is 0 Å². The molecule has 0 spiro atoms. The Morgan fingerprint density at radius 2 is 1.74 bits per heavy atom. The number of anilines is 1. The van der Waals surface area contributed by atoms with Crippen LogP contribution in [0.15, 0.2) is 60.0 Å². The Morgan fingerprint density at radius 1 is 1.04 bits per heavy atom. The van der Waals surface area contributed by atoms with Gasteiger partial charge < -0.3 is 0 Å². The summed E-state index contributed by atoms with van der Waals surface area (Å²) in [5.74, 6) is 0.328. The molecule has 0 radical (unpaired) electrons. The van der Waals surface area contributed by atoms with E-state index in [-0.39, 0.29) is 5.91 Å². The van der Waals surface area contributed by atoms with Crippen molar-refractivity contribution >= 4 is 22.4 Å². The number of rotatable bonds is 4. The van der Waals surface area contributed by atoms with Gasteiger partial charge in [0.1, 0.15) is 0 Å². The molecule has 1 aromatic heterocycles. The lowest BCUT2D eigenvalue weighted by Gasteiger charge is -2.06. The third kappa shape index (κ3) is 3.66. The molecular weight excluding hydrogens is 304 g/mol. The summed E-state index contributed by atoms with van der Waals surface area (Å²) in [6.07, 6.45) is 0. The van der Waals surface area contributed by atoms with Crippen LogP contribution in [0.25, 0.3) is 11.3 Å². The minimum Gasteiger partial charge on any atom is -0.298 e. The first-order valence-corrected chi connectivity index (χ1v) is 8.43. The largest absolute Gasteiger partial charge is 0.298 e. The lowest BCUT2D eigenvalue weighted by atomic mass is 10.0. The van der Waals surface area contributed by atoms with Crippen molar-refractivity contribution in [3.63, 3.8) is 0 Å². The van der Waals surface area contributed by atoms with E-state index in [0.717, 1.165) is 11.3 Å². The highest BCUT2D eigenvalue weighted by atomic mass is 32.1. The molecular formula is C19H18N2OS. The van der Waals surface area contributed by atoms with Gasteiger partial charge in [-0.3, -0.25) is 10.1 Å². The maximum Gasteiger partial charge on any atom is 0.257 e. The van der Waals surface area contributed by atoms with E-state index in [1.54, 1.807) is 0 Å². The van der Waals surface area contributed by atoms with Crippen LogP contribution >= 0.6 is 11.3 Å². The first-order valence-electron chi connectivity index (χ1n) is 7.56. The average Bonchev–Trinajstić information content (AvgIpc) is 3.04. The highest BCUT2D eigenvalue weighted by molar-refractivity contribution is 7.14. The zero-order chi connectivity index (χ0) is 16.2. The molecule has 4 heteroatoms. The molecule has 0 aliphatic rings. The summed E-state index contributed by atoms with van der Waals surface area (Å²) in [5.41, 5.74) is 3.79. The van der Waals surface area contributed by atoms with Gasteiger partial charge >= 0.3 is 0 Å². The SMILES string of the molecule is CC(C)c1ccc(C(=O)Nc2nc(-c3ccccc3)cs2)cc1. The van der Waals surface area contributed by atoms with E-state index in [1.165, 1.54) is 16.9 Å². The number of nitrogens with zero attached hydrogens (tertiary/aromatic N) is 1. The number of nitrogens with one attached hydrogen (secondary N) is 1. The summed E-state index contributed by atoms with van der Waals surface area (Å²) in [6.45, 7) is 4.27. The summed E-state index contributed by atoms with van der Waals surface area (Å²) in [7, 11) is 0. The molecule has 0 unspecified atom stereocenters. The first-order chi connectivity index (χ1) is 11.1. The molecule has 0 atom stereocenters. The molecule has 0 bridgehead atoms. The Balaban J connectivity index is 1.72. The summed E-state index contributed by atoms with van der Waals surface area (Å²) in [6, 6.07) is 17.6. The smallest absolute Gasteiger partial charge is 0.257 e. The monoisotopic (exact) mass is 322 g/mol. The standard InChI is InChI=1S/C19H18N2OS/c1-13(2)14-8-10-16(11-9-14)18(22)21-19-20-17(12-23-19)15-6-4-3-5-7-15/h3-13H,1-2H3,(H,20,21,22). The number of thiazole rings is 1. The van der Waals surface area contributed by atoms with Gasteiger partial charge in [0.15, 0.2) is 5.13 Å². The van der Waals surface area contributed by atoms with Gasteiger partial charge in [-0.2, -0.15) is 0 Å². The first kappa shape index (κ1) is 15.4. The number of hydrogen-bond donors (Lipinski definition) is 1. The van der Waals surface area contributed by atoms with Crippen LogP contribution in [0.5, 0.6) is 0 Å².